The zero-order valence-corrected chi connectivity index (χ0v) is 18.7. The number of nitrogens with one attached hydrogen (secondary N) is 1. The lowest BCUT2D eigenvalue weighted by Gasteiger charge is -2.35. The van der Waals surface area contributed by atoms with Gasteiger partial charge in [-0.1, -0.05) is 13.0 Å². The van der Waals surface area contributed by atoms with Gasteiger partial charge in [0.1, 0.15) is 5.82 Å². The molecule has 1 aromatic carbocycles. The molecule has 0 saturated carbocycles. The molecule has 0 unspecified atom stereocenters. The van der Waals surface area contributed by atoms with E-state index in [9.17, 15) is 4.39 Å². The molecule has 0 atom stereocenters. The first-order valence-corrected chi connectivity index (χ1v) is 9.51. The molecule has 1 heterocycles. The van der Waals surface area contributed by atoms with Gasteiger partial charge < -0.3 is 25.6 Å². The number of likely N-dealkylation sites (N-methyl/N-ethyl adjacent to an activating group) is 1. The summed E-state index contributed by atoms with van der Waals surface area (Å²) in [6, 6.07) is 5.34. The largest absolute Gasteiger partial charge is 0.382 e. The number of hydrogen-bond acceptors (Lipinski definition) is 4. The standard InChI is InChI=1S/C19H32FN5O.HI/c1-3-24-9-11-25(12-10-24)18-7-6-16(14-17(18)20)15-23-19(21)22-8-5-13-26-4-2;/h6-7,14H,3-5,8-13,15H2,1-2H3,(H3,21,22,23);1H. The third kappa shape index (κ3) is 8.18. The maximum absolute atomic E-state index is 14.5. The summed E-state index contributed by atoms with van der Waals surface area (Å²) in [7, 11) is 0. The molecule has 0 amide bonds. The van der Waals surface area contributed by atoms with Crippen LogP contribution in [0.2, 0.25) is 0 Å². The number of nitrogens with two attached hydrogens (primary N) is 1. The van der Waals surface area contributed by atoms with Crippen LogP contribution in [0, 0.1) is 5.82 Å². The molecular weight excluding hydrogens is 460 g/mol. The fourth-order valence-electron chi connectivity index (χ4n) is 2.98. The fourth-order valence-corrected chi connectivity index (χ4v) is 2.98. The van der Waals surface area contributed by atoms with Gasteiger partial charge in [-0.3, -0.25) is 0 Å². The van der Waals surface area contributed by atoms with Crippen LogP contribution in [0.3, 0.4) is 0 Å². The lowest BCUT2D eigenvalue weighted by atomic mass is 10.1. The zero-order chi connectivity index (χ0) is 18.8. The summed E-state index contributed by atoms with van der Waals surface area (Å²) in [5.41, 5.74) is 7.33. The minimum Gasteiger partial charge on any atom is -0.382 e. The van der Waals surface area contributed by atoms with Crippen molar-refractivity contribution in [1.82, 2.24) is 10.2 Å². The minimum atomic E-state index is -0.189. The van der Waals surface area contributed by atoms with Crippen molar-refractivity contribution in [2.24, 2.45) is 10.7 Å². The molecule has 1 saturated heterocycles. The number of aliphatic imine (C=N–C) groups is 1. The predicted molar refractivity (Wildman–Crippen MR) is 121 cm³/mol. The van der Waals surface area contributed by atoms with Crippen molar-refractivity contribution in [1.29, 1.82) is 0 Å². The number of ether oxygens (including phenoxy) is 1. The molecule has 3 N–H and O–H groups in total. The van der Waals surface area contributed by atoms with Gasteiger partial charge in [0.15, 0.2) is 5.96 Å². The first-order chi connectivity index (χ1) is 12.6. The van der Waals surface area contributed by atoms with Crippen LogP contribution in [0.15, 0.2) is 23.2 Å². The second-order valence-electron chi connectivity index (χ2n) is 6.39. The number of piperazine rings is 1. The third-order valence-electron chi connectivity index (χ3n) is 4.58. The molecule has 1 fully saturated rings. The Bertz CT molecular complexity index is 579. The maximum Gasteiger partial charge on any atom is 0.188 e. The van der Waals surface area contributed by atoms with E-state index in [1.54, 1.807) is 6.07 Å². The fraction of sp³-hybridized carbons (Fsp3) is 0.632. The monoisotopic (exact) mass is 493 g/mol. The van der Waals surface area contributed by atoms with Crippen LogP contribution in [0.1, 0.15) is 25.8 Å². The van der Waals surface area contributed by atoms with Gasteiger partial charge in [0.05, 0.1) is 12.2 Å². The first-order valence-electron chi connectivity index (χ1n) is 9.51. The van der Waals surface area contributed by atoms with Gasteiger partial charge in [-0.15, -0.1) is 24.0 Å². The van der Waals surface area contributed by atoms with E-state index >= 15 is 0 Å². The van der Waals surface area contributed by atoms with Crippen molar-refractivity contribution in [3.05, 3.63) is 29.6 Å². The van der Waals surface area contributed by atoms with Crippen LogP contribution in [0.25, 0.3) is 0 Å². The molecule has 0 bridgehead atoms. The average molecular weight is 493 g/mol. The Labute approximate surface area is 179 Å². The Kier molecular flexibility index (Phi) is 11.6. The van der Waals surface area contributed by atoms with Gasteiger partial charge in [-0.25, -0.2) is 9.38 Å². The number of rotatable bonds is 9. The van der Waals surface area contributed by atoms with Crippen molar-refractivity contribution in [2.45, 2.75) is 26.8 Å². The second kappa shape index (κ2) is 13.1. The van der Waals surface area contributed by atoms with E-state index in [0.717, 1.165) is 51.3 Å². The van der Waals surface area contributed by atoms with Crippen LogP contribution in [0.5, 0.6) is 0 Å². The van der Waals surface area contributed by atoms with Gasteiger partial charge in [0.25, 0.3) is 0 Å². The molecule has 1 aliphatic heterocycles. The third-order valence-corrected chi connectivity index (χ3v) is 4.58. The molecule has 0 aromatic heterocycles. The van der Waals surface area contributed by atoms with E-state index in [0.29, 0.717) is 31.3 Å². The van der Waals surface area contributed by atoms with Crippen LogP contribution < -0.4 is 16.0 Å². The van der Waals surface area contributed by atoms with Gasteiger partial charge in [0, 0.05) is 45.9 Å². The number of halogens is 2. The smallest absolute Gasteiger partial charge is 0.188 e. The molecule has 27 heavy (non-hydrogen) atoms. The first kappa shape index (κ1) is 23.9. The molecule has 0 spiro atoms. The highest BCUT2D eigenvalue weighted by Crippen LogP contribution is 2.22. The Morgan fingerprint density at radius 3 is 2.63 bits per heavy atom. The lowest BCUT2D eigenvalue weighted by Crippen LogP contribution is -2.46. The number of anilines is 1. The zero-order valence-electron chi connectivity index (χ0n) is 16.4. The van der Waals surface area contributed by atoms with E-state index in [2.05, 4.69) is 27.0 Å². The van der Waals surface area contributed by atoms with E-state index in [1.807, 2.05) is 19.1 Å². The lowest BCUT2D eigenvalue weighted by molar-refractivity contribution is 0.145. The van der Waals surface area contributed by atoms with Crippen molar-refractivity contribution >= 4 is 35.6 Å². The summed E-state index contributed by atoms with van der Waals surface area (Å²) in [6.07, 6.45) is 0.874. The highest BCUT2D eigenvalue weighted by atomic mass is 127. The summed E-state index contributed by atoms with van der Waals surface area (Å²) >= 11 is 0. The topological polar surface area (TPSA) is 66.1 Å². The highest BCUT2D eigenvalue weighted by Gasteiger charge is 2.18. The molecule has 2 rings (SSSR count). The average Bonchev–Trinajstić information content (AvgIpc) is 2.66. The summed E-state index contributed by atoms with van der Waals surface area (Å²) < 4.78 is 19.8. The van der Waals surface area contributed by atoms with E-state index in [4.69, 9.17) is 10.5 Å². The molecule has 1 aliphatic rings. The summed E-state index contributed by atoms with van der Waals surface area (Å²) in [5, 5.41) is 3.04. The molecule has 0 aliphatic carbocycles. The molecule has 6 nitrogen and oxygen atoms in total. The normalized spacial score (nSPS) is 15.5. The number of benzene rings is 1. The van der Waals surface area contributed by atoms with E-state index in [-0.39, 0.29) is 29.8 Å². The number of nitrogens with zero attached hydrogens (tertiary/aromatic N) is 3. The number of guanidine groups is 1. The summed E-state index contributed by atoms with van der Waals surface area (Å²) in [6.45, 7) is 11.4. The Hall–Kier alpha value is -1.13. The van der Waals surface area contributed by atoms with Crippen molar-refractivity contribution < 1.29 is 9.13 Å². The van der Waals surface area contributed by atoms with Gasteiger partial charge in [0.2, 0.25) is 0 Å². The molecule has 0 radical (unpaired) electrons. The van der Waals surface area contributed by atoms with Crippen molar-refractivity contribution in [2.75, 3.05) is 57.4 Å². The predicted octanol–water partition coefficient (Wildman–Crippen LogP) is 2.42. The van der Waals surface area contributed by atoms with Crippen molar-refractivity contribution in [3.63, 3.8) is 0 Å². The SMILES string of the molecule is CCOCCCNC(N)=NCc1ccc(N2CCN(CC)CC2)c(F)c1.I. The molecule has 154 valence electrons. The summed E-state index contributed by atoms with van der Waals surface area (Å²) in [4.78, 5) is 8.76. The van der Waals surface area contributed by atoms with Crippen molar-refractivity contribution in [3.8, 4) is 0 Å². The van der Waals surface area contributed by atoms with Crippen LogP contribution in [-0.2, 0) is 11.3 Å². The quantitative estimate of drug-likeness (QED) is 0.240. The van der Waals surface area contributed by atoms with Crippen LogP contribution in [0.4, 0.5) is 10.1 Å². The Morgan fingerprint density at radius 1 is 1.26 bits per heavy atom. The molecular formula is C19H33FIN5O. The highest BCUT2D eigenvalue weighted by molar-refractivity contribution is 14.0. The van der Waals surface area contributed by atoms with Gasteiger partial charge >= 0.3 is 0 Å². The second-order valence-corrected chi connectivity index (χ2v) is 6.39. The Morgan fingerprint density at radius 2 is 2.00 bits per heavy atom. The van der Waals surface area contributed by atoms with Crippen LogP contribution >= 0.6 is 24.0 Å². The maximum atomic E-state index is 14.5. The Balaban J connectivity index is 0.00000364. The molecule has 8 heteroatoms. The van der Waals surface area contributed by atoms with Gasteiger partial charge in [-0.05, 0) is 37.6 Å². The summed E-state index contributed by atoms with van der Waals surface area (Å²) in [5.74, 6) is 0.188. The van der Waals surface area contributed by atoms with E-state index in [1.165, 1.54) is 0 Å². The number of hydrogen-bond donors (Lipinski definition) is 2. The van der Waals surface area contributed by atoms with Crippen LogP contribution in [-0.4, -0.2) is 63.3 Å². The minimum absolute atomic E-state index is 0. The van der Waals surface area contributed by atoms with Gasteiger partial charge in [-0.2, -0.15) is 0 Å². The van der Waals surface area contributed by atoms with E-state index < -0.39 is 0 Å². The molecule has 1 aromatic rings.